The van der Waals surface area contributed by atoms with Crippen molar-refractivity contribution >= 4 is 27.4 Å². The summed E-state index contributed by atoms with van der Waals surface area (Å²) in [4.78, 5) is 12.9. The number of thiophene rings is 1. The van der Waals surface area contributed by atoms with Gasteiger partial charge in [-0.25, -0.2) is 4.79 Å². The van der Waals surface area contributed by atoms with E-state index in [-0.39, 0.29) is 11.7 Å². The van der Waals surface area contributed by atoms with Gasteiger partial charge in [0.25, 0.3) is 0 Å². The maximum absolute atomic E-state index is 11.8. The summed E-state index contributed by atoms with van der Waals surface area (Å²) in [5.41, 5.74) is 1.52. The SMILES string of the molecule is CCOC(=O)c1cccc(-c2cc3ccc(O)cc3s2)c1. The number of rotatable bonds is 3. The number of phenolic OH excluding ortho intramolecular Hbond substituents is 1. The maximum Gasteiger partial charge on any atom is 0.338 e. The number of fused-ring (bicyclic) bond motifs is 1. The van der Waals surface area contributed by atoms with Crippen LogP contribution in [0.2, 0.25) is 0 Å². The van der Waals surface area contributed by atoms with Gasteiger partial charge in [0, 0.05) is 9.58 Å². The lowest BCUT2D eigenvalue weighted by Crippen LogP contribution is -2.04. The third kappa shape index (κ3) is 2.76. The number of ether oxygens (including phenoxy) is 1. The number of aromatic hydroxyl groups is 1. The summed E-state index contributed by atoms with van der Waals surface area (Å²) >= 11 is 1.59. The molecule has 0 aliphatic rings. The topological polar surface area (TPSA) is 46.5 Å². The first-order valence-corrected chi connectivity index (χ1v) is 7.49. The first-order chi connectivity index (χ1) is 10.2. The predicted molar refractivity (Wildman–Crippen MR) is 84.9 cm³/mol. The van der Waals surface area contributed by atoms with Crippen LogP contribution in [0.25, 0.3) is 20.5 Å². The van der Waals surface area contributed by atoms with Crippen LogP contribution in [-0.4, -0.2) is 17.7 Å². The number of hydrogen-bond acceptors (Lipinski definition) is 4. The summed E-state index contributed by atoms with van der Waals surface area (Å²) in [6.07, 6.45) is 0. The summed E-state index contributed by atoms with van der Waals surface area (Å²) in [5.74, 6) is -0.0470. The molecule has 3 nitrogen and oxygen atoms in total. The Labute approximate surface area is 126 Å². The largest absolute Gasteiger partial charge is 0.508 e. The second kappa shape index (κ2) is 5.58. The molecule has 21 heavy (non-hydrogen) atoms. The van der Waals surface area contributed by atoms with Crippen LogP contribution >= 0.6 is 11.3 Å². The Kier molecular flexibility index (Phi) is 3.62. The Morgan fingerprint density at radius 3 is 2.86 bits per heavy atom. The van der Waals surface area contributed by atoms with Gasteiger partial charge >= 0.3 is 5.97 Å². The molecule has 3 aromatic rings. The molecule has 0 saturated carbocycles. The lowest BCUT2D eigenvalue weighted by Gasteiger charge is -2.03. The van der Waals surface area contributed by atoms with E-state index in [0.29, 0.717) is 12.2 Å². The molecule has 1 heterocycles. The molecule has 1 aromatic heterocycles. The van der Waals surface area contributed by atoms with Crippen LogP contribution in [0.3, 0.4) is 0 Å². The number of benzene rings is 2. The van der Waals surface area contributed by atoms with Crippen molar-refractivity contribution in [2.45, 2.75) is 6.92 Å². The van der Waals surface area contributed by atoms with E-state index < -0.39 is 0 Å². The number of carbonyl (C=O) groups excluding carboxylic acids is 1. The van der Waals surface area contributed by atoms with Gasteiger partial charge in [0.15, 0.2) is 0 Å². The van der Waals surface area contributed by atoms with Crippen molar-refractivity contribution in [1.82, 2.24) is 0 Å². The molecule has 1 N–H and O–H groups in total. The fourth-order valence-electron chi connectivity index (χ4n) is 2.18. The smallest absolute Gasteiger partial charge is 0.338 e. The molecule has 3 rings (SSSR count). The highest BCUT2D eigenvalue weighted by molar-refractivity contribution is 7.22. The highest BCUT2D eigenvalue weighted by atomic mass is 32.1. The zero-order valence-corrected chi connectivity index (χ0v) is 12.3. The number of esters is 1. The average Bonchev–Trinajstić information content (AvgIpc) is 2.90. The molecule has 0 bridgehead atoms. The van der Waals surface area contributed by atoms with Gasteiger partial charge < -0.3 is 9.84 Å². The quantitative estimate of drug-likeness (QED) is 0.727. The molecule has 2 aromatic carbocycles. The van der Waals surface area contributed by atoms with Crippen LogP contribution < -0.4 is 0 Å². The monoisotopic (exact) mass is 298 g/mol. The van der Waals surface area contributed by atoms with Crippen LogP contribution in [0.5, 0.6) is 5.75 Å². The van der Waals surface area contributed by atoms with E-state index in [1.807, 2.05) is 24.3 Å². The van der Waals surface area contributed by atoms with Crippen LogP contribution in [0.15, 0.2) is 48.5 Å². The zero-order chi connectivity index (χ0) is 14.8. The Morgan fingerprint density at radius 2 is 2.05 bits per heavy atom. The van der Waals surface area contributed by atoms with Gasteiger partial charge in [-0.05, 0) is 54.3 Å². The molecule has 0 aliphatic carbocycles. The molecular formula is C17H14O3S. The van der Waals surface area contributed by atoms with Gasteiger partial charge in [-0.2, -0.15) is 0 Å². The minimum absolute atomic E-state index is 0.260. The van der Waals surface area contributed by atoms with Crippen molar-refractivity contribution in [3.63, 3.8) is 0 Å². The molecule has 4 heteroatoms. The van der Waals surface area contributed by atoms with Crippen molar-refractivity contribution < 1.29 is 14.6 Å². The van der Waals surface area contributed by atoms with Crippen molar-refractivity contribution in [1.29, 1.82) is 0 Å². The summed E-state index contributed by atoms with van der Waals surface area (Å²) < 4.78 is 6.04. The van der Waals surface area contributed by atoms with Crippen LogP contribution in [0.1, 0.15) is 17.3 Å². The fraction of sp³-hybridized carbons (Fsp3) is 0.118. The van der Waals surface area contributed by atoms with Gasteiger partial charge in [0.2, 0.25) is 0 Å². The van der Waals surface area contributed by atoms with E-state index in [9.17, 15) is 9.90 Å². The van der Waals surface area contributed by atoms with Crippen molar-refractivity contribution in [3.05, 3.63) is 54.1 Å². The van der Waals surface area contributed by atoms with Gasteiger partial charge in [-0.1, -0.05) is 12.1 Å². The van der Waals surface area contributed by atoms with Crippen molar-refractivity contribution in [2.24, 2.45) is 0 Å². The number of phenols is 1. The third-order valence-electron chi connectivity index (χ3n) is 3.16. The van der Waals surface area contributed by atoms with Gasteiger partial charge in [-0.3, -0.25) is 0 Å². The molecule has 106 valence electrons. The van der Waals surface area contributed by atoms with E-state index in [1.54, 1.807) is 36.5 Å². The first-order valence-electron chi connectivity index (χ1n) is 6.67. The minimum atomic E-state index is -0.307. The Hall–Kier alpha value is -2.33. The predicted octanol–water partition coefficient (Wildman–Crippen LogP) is 4.45. The molecular weight excluding hydrogens is 284 g/mol. The van der Waals surface area contributed by atoms with E-state index in [2.05, 4.69) is 6.07 Å². The van der Waals surface area contributed by atoms with Gasteiger partial charge in [0.05, 0.1) is 12.2 Å². The van der Waals surface area contributed by atoms with Crippen LogP contribution in [0.4, 0.5) is 0 Å². The molecule has 0 aliphatic heterocycles. The minimum Gasteiger partial charge on any atom is -0.508 e. The molecule has 0 amide bonds. The lowest BCUT2D eigenvalue weighted by atomic mass is 10.1. The molecule has 0 spiro atoms. The van der Waals surface area contributed by atoms with Crippen molar-refractivity contribution in [2.75, 3.05) is 6.61 Å². The molecule has 0 unspecified atom stereocenters. The van der Waals surface area contributed by atoms with E-state index in [1.165, 1.54) is 0 Å². The van der Waals surface area contributed by atoms with Crippen LogP contribution in [-0.2, 0) is 4.74 Å². The lowest BCUT2D eigenvalue weighted by molar-refractivity contribution is 0.0526. The molecule has 0 fully saturated rings. The van der Waals surface area contributed by atoms with E-state index in [0.717, 1.165) is 20.5 Å². The van der Waals surface area contributed by atoms with E-state index in [4.69, 9.17) is 4.74 Å². The highest BCUT2D eigenvalue weighted by Crippen LogP contribution is 2.35. The molecule has 0 atom stereocenters. The normalized spacial score (nSPS) is 10.7. The van der Waals surface area contributed by atoms with Crippen LogP contribution in [0, 0.1) is 0 Å². The summed E-state index contributed by atoms with van der Waals surface area (Å²) in [7, 11) is 0. The second-order valence-corrected chi connectivity index (χ2v) is 5.72. The fourth-order valence-corrected chi connectivity index (χ4v) is 3.27. The van der Waals surface area contributed by atoms with Gasteiger partial charge in [-0.15, -0.1) is 11.3 Å². The number of hydrogen-bond donors (Lipinski definition) is 1. The van der Waals surface area contributed by atoms with Crippen molar-refractivity contribution in [3.8, 4) is 16.2 Å². The first kappa shape index (κ1) is 13.6. The molecule has 0 radical (unpaired) electrons. The summed E-state index contributed by atoms with van der Waals surface area (Å²) in [6.45, 7) is 2.16. The summed E-state index contributed by atoms with van der Waals surface area (Å²) in [6, 6.07) is 14.8. The summed E-state index contributed by atoms with van der Waals surface area (Å²) in [5, 5.41) is 10.6. The Balaban J connectivity index is 2.02. The Bertz CT molecular complexity index is 805. The zero-order valence-electron chi connectivity index (χ0n) is 11.5. The highest BCUT2D eigenvalue weighted by Gasteiger charge is 2.10. The maximum atomic E-state index is 11.8. The van der Waals surface area contributed by atoms with E-state index >= 15 is 0 Å². The standard InChI is InChI=1S/C17H14O3S/c1-2-20-17(19)13-5-3-4-11(8-13)15-9-12-6-7-14(18)10-16(12)21-15/h3-10,18H,2H2,1H3. The second-order valence-electron chi connectivity index (χ2n) is 4.63. The number of carbonyl (C=O) groups is 1. The van der Waals surface area contributed by atoms with Gasteiger partial charge in [0.1, 0.15) is 5.75 Å². The average molecular weight is 298 g/mol. The molecule has 0 saturated heterocycles. The Morgan fingerprint density at radius 1 is 1.19 bits per heavy atom. The third-order valence-corrected chi connectivity index (χ3v) is 4.31.